The zero-order valence-corrected chi connectivity index (χ0v) is 8.47. The number of carbonyl (C=O) groups excluding carboxylic acids is 2. The first-order valence-electron chi connectivity index (χ1n) is 4.85. The first kappa shape index (κ1) is 10.6. The Bertz CT molecular complexity index is 440. The van der Waals surface area contributed by atoms with Crippen molar-refractivity contribution in [3.05, 3.63) is 41.5 Å². The lowest BCUT2D eigenvalue weighted by molar-refractivity contribution is -0.119. The van der Waals surface area contributed by atoms with Crippen molar-refractivity contribution in [3.63, 3.8) is 0 Å². The van der Waals surface area contributed by atoms with Crippen LogP contribution in [0, 0.1) is 0 Å². The molecule has 81 valence electrons. The van der Waals surface area contributed by atoms with E-state index in [0.29, 0.717) is 0 Å². The number of ether oxygens (including phenoxy) is 1. The Morgan fingerprint density at radius 3 is 2.94 bits per heavy atom. The summed E-state index contributed by atoms with van der Waals surface area (Å²) in [6, 6.07) is 7.40. The van der Waals surface area contributed by atoms with Crippen LogP contribution in [0.1, 0.15) is 17.4 Å². The Labute approximate surface area is 92.9 Å². The fraction of sp³-hybridized carbons (Fsp3) is 0.167. The molecule has 16 heavy (non-hydrogen) atoms. The van der Waals surface area contributed by atoms with E-state index in [1.165, 1.54) is 6.08 Å². The number of benzene rings is 1. The molecular weight excluding hydrogens is 206 g/mol. The molecule has 0 spiro atoms. The lowest BCUT2D eigenvalue weighted by atomic mass is 10.1. The van der Waals surface area contributed by atoms with Gasteiger partial charge in [-0.05, 0) is 11.6 Å². The Hall–Kier alpha value is -1.94. The predicted octanol–water partition coefficient (Wildman–Crippen LogP) is 0.955. The van der Waals surface area contributed by atoms with Gasteiger partial charge in [0.2, 0.25) is 12.2 Å². The van der Waals surface area contributed by atoms with Crippen molar-refractivity contribution >= 4 is 18.3 Å². The number of carbonyl (C=O) groups is 1. The summed E-state index contributed by atoms with van der Waals surface area (Å²) in [4.78, 5) is 21.2. The maximum Gasteiger partial charge on any atom is 0.248 e. The van der Waals surface area contributed by atoms with Gasteiger partial charge in [0, 0.05) is 5.56 Å². The molecule has 1 aromatic carbocycles. The van der Waals surface area contributed by atoms with Crippen molar-refractivity contribution in [2.45, 2.75) is 6.23 Å². The monoisotopic (exact) mass is 216 g/mol. The van der Waals surface area contributed by atoms with Gasteiger partial charge in [-0.15, -0.1) is 0 Å². The molecule has 0 bridgehead atoms. The number of rotatable bonds is 3. The van der Waals surface area contributed by atoms with Crippen LogP contribution in [0.3, 0.4) is 0 Å². The van der Waals surface area contributed by atoms with Gasteiger partial charge in [0.1, 0.15) is 6.61 Å². The van der Waals surface area contributed by atoms with Crippen molar-refractivity contribution < 1.29 is 14.3 Å². The highest BCUT2D eigenvalue weighted by Crippen LogP contribution is 2.22. The van der Waals surface area contributed by atoms with Gasteiger partial charge in [0.15, 0.2) is 6.23 Å². The van der Waals surface area contributed by atoms with Crippen molar-refractivity contribution in [2.75, 3.05) is 6.61 Å². The number of amides is 1. The molecule has 1 unspecified atom stereocenters. The Morgan fingerprint density at radius 1 is 1.44 bits per heavy atom. The number of nitrogens with one attached hydrogen (secondary N) is 1. The highest BCUT2D eigenvalue weighted by Gasteiger charge is 2.24. The summed E-state index contributed by atoms with van der Waals surface area (Å²) in [5.41, 5.74) is 1.66. The van der Waals surface area contributed by atoms with Crippen LogP contribution in [0.4, 0.5) is 0 Å². The third-order valence-electron chi connectivity index (χ3n) is 2.28. The van der Waals surface area contributed by atoms with Gasteiger partial charge in [-0.3, -0.25) is 9.59 Å². The van der Waals surface area contributed by atoms with E-state index in [1.807, 2.05) is 24.3 Å². The maximum atomic E-state index is 11.0. The zero-order valence-electron chi connectivity index (χ0n) is 8.47. The van der Waals surface area contributed by atoms with Crippen LogP contribution in [0.25, 0.3) is 6.08 Å². The van der Waals surface area contributed by atoms with Crippen LogP contribution >= 0.6 is 0 Å². The molecule has 1 aromatic rings. The molecule has 1 saturated heterocycles. The third-order valence-corrected chi connectivity index (χ3v) is 2.28. The zero-order chi connectivity index (χ0) is 11.4. The second-order valence-corrected chi connectivity index (χ2v) is 3.34. The smallest absolute Gasteiger partial charge is 0.248 e. The highest BCUT2D eigenvalue weighted by atomic mass is 16.5. The molecule has 0 aromatic heterocycles. The van der Waals surface area contributed by atoms with Crippen LogP contribution in [-0.2, 0) is 14.3 Å². The fourth-order valence-corrected chi connectivity index (χ4v) is 1.58. The van der Waals surface area contributed by atoms with Crippen LogP contribution in [0.2, 0.25) is 0 Å². The molecule has 0 saturated carbocycles. The van der Waals surface area contributed by atoms with Crippen LogP contribution in [0.15, 0.2) is 30.3 Å². The van der Waals surface area contributed by atoms with Gasteiger partial charge in [-0.25, -0.2) is 0 Å². The lowest BCUT2D eigenvalue weighted by Gasteiger charge is -2.12. The minimum atomic E-state index is -0.431. The minimum Gasteiger partial charge on any atom is -0.344 e. The second-order valence-electron chi connectivity index (χ2n) is 3.34. The van der Waals surface area contributed by atoms with E-state index in [0.717, 1.165) is 11.1 Å². The van der Waals surface area contributed by atoms with Crippen LogP contribution in [0.5, 0.6) is 0 Å². The molecule has 1 heterocycles. The quantitative estimate of drug-likeness (QED) is 0.765. The molecule has 4 heteroatoms. The van der Waals surface area contributed by atoms with Crippen molar-refractivity contribution in [2.24, 2.45) is 0 Å². The first-order chi connectivity index (χ1) is 7.81. The largest absolute Gasteiger partial charge is 0.344 e. The predicted molar refractivity (Wildman–Crippen MR) is 58.0 cm³/mol. The van der Waals surface area contributed by atoms with E-state index < -0.39 is 6.23 Å². The summed E-state index contributed by atoms with van der Waals surface area (Å²) in [5.74, 6) is -0.134. The van der Waals surface area contributed by atoms with Gasteiger partial charge in [0.25, 0.3) is 0 Å². The molecule has 1 N–H and O–H groups in total. The van der Waals surface area contributed by atoms with Crippen molar-refractivity contribution in [1.29, 1.82) is 0 Å². The third kappa shape index (κ3) is 2.17. The molecule has 1 radical (unpaired) electrons. The molecule has 1 fully saturated rings. The summed E-state index contributed by atoms with van der Waals surface area (Å²) in [6.45, 7) is 0.0719. The summed E-state index contributed by atoms with van der Waals surface area (Å²) in [7, 11) is 0. The average molecular weight is 216 g/mol. The van der Waals surface area contributed by atoms with E-state index in [9.17, 15) is 9.59 Å². The van der Waals surface area contributed by atoms with Gasteiger partial charge < -0.3 is 10.1 Å². The Balaban J connectivity index is 2.29. The highest BCUT2D eigenvalue weighted by molar-refractivity contribution is 5.80. The molecule has 1 aliphatic rings. The van der Waals surface area contributed by atoms with E-state index in [2.05, 4.69) is 5.32 Å². The summed E-state index contributed by atoms with van der Waals surface area (Å²) >= 11 is 0. The van der Waals surface area contributed by atoms with E-state index in [1.54, 1.807) is 12.4 Å². The molecular formula is C12H10NO3. The van der Waals surface area contributed by atoms with E-state index in [-0.39, 0.29) is 12.5 Å². The Morgan fingerprint density at radius 2 is 2.25 bits per heavy atom. The minimum absolute atomic E-state index is 0.0719. The summed E-state index contributed by atoms with van der Waals surface area (Å²) in [5, 5.41) is 2.69. The molecule has 4 nitrogen and oxygen atoms in total. The van der Waals surface area contributed by atoms with Gasteiger partial charge in [-0.2, -0.15) is 0 Å². The topological polar surface area (TPSA) is 55.4 Å². The van der Waals surface area contributed by atoms with E-state index in [4.69, 9.17) is 4.74 Å². The van der Waals surface area contributed by atoms with Crippen molar-refractivity contribution in [1.82, 2.24) is 5.32 Å². The fourth-order valence-electron chi connectivity index (χ4n) is 1.58. The number of hydrogen-bond donors (Lipinski definition) is 1. The van der Waals surface area contributed by atoms with E-state index >= 15 is 0 Å². The van der Waals surface area contributed by atoms with Gasteiger partial charge in [0.05, 0.1) is 0 Å². The average Bonchev–Trinajstić information content (AvgIpc) is 2.73. The standard InChI is InChI=1S/C12H10NO3/c14-7-3-5-9-4-1-2-6-10(9)12-13-11(15)8-16-12/h1-6,12H,8H2,(H,13,15)/b5-3+. The number of hydrogen-bond acceptors (Lipinski definition) is 3. The second kappa shape index (κ2) is 4.72. The first-order valence-corrected chi connectivity index (χ1v) is 4.85. The molecule has 1 aliphatic heterocycles. The molecule has 1 amide bonds. The van der Waals surface area contributed by atoms with Crippen LogP contribution in [-0.4, -0.2) is 18.8 Å². The Kier molecular flexibility index (Phi) is 3.12. The lowest BCUT2D eigenvalue weighted by Crippen LogP contribution is -2.20. The molecule has 1 atom stereocenters. The van der Waals surface area contributed by atoms with Crippen LogP contribution < -0.4 is 5.32 Å². The van der Waals surface area contributed by atoms with Crippen molar-refractivity contribution in [3.8, 4) is 0 Å². The normalized spacial score (nSPS) is 20.0. The van der Waals surface area contributed by atoms with Gasteiger partial charge in [-0.1, -0.05) is 30.3 Å². The summed E-state index contributed by atoms with van der Waals surface area (Å²) < 4.78 is 5.28. The summed E-state index contributed by atoms with van der Waals surface area (Å²) in [6.07, 6.45) is 4.18. The SMILES string of the molecule is O=[C]/C=C/c1ccccc1C1NC(=O)CO1. The number of allylic oxidation sites excluding steroid dienone is 1. The maximum absolute atomic E-state index is 11.0. The molecule has 2 rings (SSSR count). The van der Waals surface area contributed by atoms with Gasteiger partial charge >= 0.3 is 0 Å². The molecule has 0 aliphatic carbocycles.